The van der Waals surface area contributed by atoms with Gasteiger partial charge in [0.15, 0.2) is 0 Å². The number of amides is 1. The Hall–Kier alpha value is -1.58. The smallest absolute Gasteiger partial charge is 0.239 e. The van der Waals surface area contributed by atoms with Crippen LogP contribution in [0, 0.1) is 0 Å². The van der Waals surface area contributed by atoms with Crippen molar-refractivity contribution in [2.45, 2.75) is 26.2 Å². The van der Waals surface area contributed by atoms with Crippen molar-refractivity contribution in [1.29, 1.82) is 0 Å². The maximum Gasteiger partial charge on any atom is 0.239 e. The molecule has 0 saturated carbocycles. The van der Waals surface area contributed by atoms with E-state index in [9.17, 15) is 4.79 Å². The zero-order valence-electron chi connectivity index (χ0n) is 10.7. The highest BCUT2D eigenvalue weighted by molar-refractivity contribution is 5.82. The van der Waals surface area contributed by atoms with Crippen LogP contribution in [0.15, 0.2) is 18.3 Å². The molecule has 17 heavy (non-hydrogen) atoms. The molecule has 4 nitrogen and oxygen atoms in total. The van der Waals surface area contributed by atoms with Crippen LogP contribution < -0.4 is 10.2 Å². The van der Waals surface area contributed by atoms with E-state index in [1.807, 2.05) is 17.2 Å². The van der Waals surface area contributed by atoms with Crippen molar-refractivity contribution >= 4 is 11.7 Å². The first-order valence-electron chi connectivity index (χ1n) is 5.95. The first-order valence-corrected chi connectivity index (χ1v) is 5.95. The standard InChI is InChI=1S/C13H19N3O/c1-13(2,3)10-4-5-11(15-8-10)16-7-6-14-12(17)9-16/h4-5,8H,6-7,9H2,1-3H3,(H,14,17). The molecule has 1 fully saturated rings. The fourth-order valence-corrected chi connectivity index (χ4v) is 1.85. The summed E-state index contributed by atoms with van der Waals surface area (Å²) < 4.78 is 0. The third-order valence-corrected chi connectivity index (χ3v) is 2.98. The molecule has 1 aromatic rings. The minimum Gasteiger partial charge on any atom is -0.353 e. The molecule has 1 saturated heterocycles. The van der Waals surface area contributed by atoms with E-state index in [1.165, 1.54) is 5.56 Å². The minimum atomic E-state index is 0.0675. The second kappa shape index (κ2) is 4.35. The van der Waals surface area contributed by atoms with Gasteiger partial charge in [-0.2, -0.15) is 0 Å². The Morgan fingerprint density at radius 3 is 2.65 bits per heavy atom. The van der Waals surface area contributed by atoms with Crippen LogP contribution in [0.5, 0.6) is 0 Å². The summed E-state index contributed by atoms with van der Waals surface area (Å²) in [6.07, 6.45) is 1.90. The van der Waals surface area contributed by atoms with E-state index in [1.54, 1.807) is 0 Å². The number of rotatable bonds is 1. The van der Waals surface area contributed by atoms with Gasteiger partial charge in [0.25, 0.3) is 0 Å². The Balaban J connectivity index is 2.15. The molecule has 2 heterocycles. The van der Waals surface area contributed by atoms with Gasteiger partial charge in [0.1, 0.15) is 5.82 Å². The largest absolute Gasteiger partial charge is 0.353 e. The molecular formula is C13H19N3O. The third kappa shape index (κ3) is 2.75. The number of piperazine rings is 1. The van der Waals surface area contributed by atoms with Gasteiger partial charge in [0.2, 0.25) is 5.91 Å². The van der Waals surface area contributed by atoms with Crippen molar-refractivity contribution in [3.05, 3.63) is 23.9 Å². The lowest BCUT2D eigenvalue weighted by molar-refractivity contribution is -0.120. The first-order chi connectivity index (χ1) is 7.97. The van der Waals surface area contributed by atoms with E-state index in [2.05, 4.69) is 37.1 Å². The van der Waals surface area contributed by atoms with E-state index in [-0.39, 0.29) is 11.3 Å². The molecule has 1 amide bonds. The van der Waals surface area contributed by atoms with Crippen LogP contribution in [0.3, 0.4) is 0 Å². The summed E-state index contributed by atoms with van der Waals surface area (Å²) in [7, 11) is 0. The Morgan fingerprint density at radius 1 is 1.35 bits per heavy atom. The van der Waals surface area contributed by atoms with E-state index < -0.39 is 0 Å². The molecule has 0 bridgehead atoms. The quantitative estimate of drug-likeness (QED) is 0.795. The van der Waals surface area contributed by atoms with Gasteiger partial charge in [0, 0.05) is 19.3 Å². The maximum absolute atomic E-state index is 11.3. The number of pyridine rings is 1. The van der Waals surface area contributed by atoms with E-state index in [0.29, 0.717) is 13.1 Å². The highest BCUT2D eigenvalue weighted by Gasteiger charge is 2.18. The molecular weight excluding hydrogens is 214 g/mol. The molecule has 1 aliphatic heterocycles. The number of hydrogen-bond acceptors (Lipinski definition) is 3. The minimum absolute atomic E-state index is 0.0675. The first kappa shape index (κ1) is 11.9. The maximum atomic E-state index is 11.3. The van der Waals surface area contributed by atoms with Gasteiger partial charge < -0.3 is 10.2 Å². The van der Waals surface area contributed by atoms with Crippen molar-refractivity contribution in [1.82, 2.24) is 10.3 Å². The number of carbonyl (C=O) groups is 1. The van der Waals surface area contributed by atoms with Crippen LogP contribution in [0.2, 0.25) is 0 Å². The number of carbonyl (C=O) groups excluding carboxylic acids is 1. The summed E-state index contributed by atoms with van der Waals surface area (Å²) in [5.74, 6) is 0.950. The lowest BCUT2D eigenvalue weighted by Crippen LogP contribution is -2.48. The van der Waals surface area contributed by atoms with Crippen LogP contribution in [-0.4, -0.2) is 30.5 Å². The van der Waals surface area contributed by atoms with Crippen LogP contribution in [0.1, 0.15) is 26.3 Å². The van der Waals surface area contributed by atoms with Crippen molar-refractivity contribution in [2.75, 3.05) is 24.5 Å². The normalized spacial score (nSPS) is 16.9. The van der Waals surface area contributed by atoms with E-state index >= 15 is 0 Å². The molecule has 0 radical (unpaired) electrons. The van der Waals surface area contributed by atoms with Crippen LogP contribution in [0.25, 0.3) is 0 Å². The van der Waals surface area contributed by atoms with Gasteiger partial charge in [-0.3, -0.25) is 4.79 Å². The average Bonchev–Trinajstić information content (AvgIpc) is 2.28. The molecule has 0 aliphatic carbocycles. The number of hydrogen-bond donors (Lipinski definition) is 1. The molecule has 92 valence electrons. The lowest BCUT2D eigenvalue weighted by atomic mass is 9.88. The van der Waals surface area contributed by atoms with Gasteiger partial charge in [-0.1, -0.05) is 26.8 Å². The Kier molecular flexibility index (Phi) is 3.05. The molecule has 0 aromatic carbocycles. The summed E-state index contributed by atoms with van der Waals surface area (Å²) in [4.78, 5) is 17.7. The Bertz CT molecular complexity index is 406. The SMILES string of the molecule is CC(C)(C)c1ccc(N2CCNC(=O)C2)nc1. The molecule has 1 aromatic heterocycles. The highest BCUT2D eigenvalue weighted by atomic mass is 16.2. The average molecular weight is 233 g/mol. The van der Waals surface area contributed by atoms with E-state index in [0.717, 1.165) is 12.4 Å². The van der Waals surface area contributed by atoms with Crippen molar-refractivity contribution in [3.8, 4) is 0 Å². The molecule has 1 N–H and O–H groups in total. The summed E-state index contributed by atoms with van der Waals surface area (Å²) >= 11 is 0. The Morgan fingerprint density at radius 2 is 2.12 bits per heavy atom. The second-order valence-corrected chi connectivity index (χ2v) is 5.43. The fraction of sp³-hybridized carbons (Fsp3) is 0.538. The zero-order chi connectivity index (χ0) is 12.5. The monoisotopic (exact) mass is 233 g/mol. The predicted octanol–water partition coefficient (Wildman–Crippen LogP) is 1.32. The predicted molar refractivity (Wildman–Crippen MR) is 68.2 cm³/mol. The molecule has 1 aliphatic rings. The van der Waals surface area contributed by atoms with Gasteiger partial charge in [-0.05, 0) is 17.0 Å². The van der Waals surface area contributed by atoms with Crippen LogP contribution in [-0.2, 0) is 10.2 Å². The topological polar surface area (TPSA) is 45.2 Å². The summed E-state index contributed by atoms with van der Waals surface area (Å²) in [5, 5.41) is 2.81. The lowest BCUT2D eigenvalue weighted by Gasteiger charge is -2.28. The van der Waals surface area contributed by atoms with Crippen molar-refractivity contribution < 1.29 is 4.79 Å². The summed E-state index contributed by atoms with van der Waals surface area (Å²) in [6, 6.07) is 4.09. The highest BCUT2D eigenvalue weighted by Crippen LogP contribution is 2.23. The molecule has 0 unspecified atom stereocenters. The van der Waals surface area contributed by atoms with Crippen molar-refractivity contribution in [3.63, 3.8) is 0 Å². The van der Waals surface area contributed by atoms with Crippen molar-refractivity contribution in [2.24, 2.45) is 0 Å². The third-order valence-electron chi connectivity index (χ3n) is 2.98. The number of aromatic nitrogens is 1. The van der Waals surface area contributed by atoms with Gasteiger partial charge >= 0.3 is 0 Å². The summed E-state index contributed by atoms with van der Waals surface area (Å²) in [6.45, 7) is 8.42. The van der Waals surface area contributed by atoms with E-state index in [4.69, 9.17) is 0 Å². The number of anilines is 1. The van der Waals surface area contributed by atoms with Gasteiger partial charge in [-0.15, -0.1) is 0 Å². The van der Waals surface area contributed by atoms with Gasteiger partial charge in [-0.25, -0.2) is 4.98 Å². The van der Waals surface area contributed by atoms with Crippen LogP contribution >= 0.6 is 0 Å². The van der Waals surface area contributed by atoms with Gasteiger partial charge in [0.05, 0.1) is 6.54 Å². The number of nitrogens with zero attached hydrogens (tertiary/aromatic N) is 2. The second-order valence-electron chi connectivity index (χ2n) is 5.43. The fourth-order valence-electron chi connectivity index (χ4n) is 1.85. The molecule has 0 spiro atoms. The Labute approximate surface area is 102 Å². The molecule has 2 rings (SSSR count). The molecule has 0 atom stereocenters. The van der Waals surface area contributed by atoms with Crippen LogP contribution in [0.4, 0.5) is 5.82 Å². The number of nitrogens with one attached hydrogen (secondary N) is 1. The zero-order valence-corrected chi connectivity index (χ0v) is 10.7. The molecule has 4 heteroatoms. The summed E-state index contributed by atoms with van der Waals surface area (Å²) in [5.41, 5.74) is 1.33.